The van der Waals surface area contributed by atoms with Gasteiger partial charge in [-0.15, -0.1) is 0 Å². The Hall–Kier alpha value is -2.14. The average molecular weight is 187 g/mol. The van der Waals surface area contributed by atoms with Gasteiger partial charge in [-0.2, -0.15) is 10.5 Å². The third kappa shape index (κ3) is 2.43. The summed E-state index contributed by atoms with van der Waals surface area (Å²) >= 11 is 0. The maximum Gasteiger partial charge on any atom is 0.226 e. The van der Waals surface area contributed by atoms with Crippen molar-refractivity contribution >= 4 is 5.95 Å². The molecule has 1 aromatic heterocycles. The van der Waals surface area contributed by atoms with Crippen LogP contribution in [-0.2, 0) is 0 Å². The Morgan fingerprint density at radius 2 is 2.29 bits per heavy atom. The molecule has 5 nitrogen and oxygen atoms in total. The molecule has 1 heterocycles. The quantitative estimate of drug-likeness (QED) is 0.696. The minimum absolute atomic E-state index is 0.332. The minimum Gasteiger partial charge on any atom is -0.343 e. The van der Waals surface area contributed by atoms with E-state index in [1.807, 2.05) is 12.1 Å². The molecule has 0 aromatic carbocycles. The van der Waals surface area contributed by atoms with E-state index >= 15 is 0 Å². The first kappa shape index (κ1) is 9.94. The third-order valence-corrected chi connectivity index (χ3v) is 1.66. The van der Waals surface area contributed by atoms with Crippen LogP contribution in [0.2, 0.25) is 0 Å². The molecule has 1 aromatic rings. The summed E-state index contributed by atoms with van der Waals surface area (Å²) in [5.74, 6) is 0.472. The molecule has 70 valence electrons. The van der Waals surface area contributed by atoms with Crippen LogP contribution in [0, 0.1) is 22.7 Å². The van der Waals surface area contributed by atoms with Crippen molar-refractivity contribution in [2.45, 2.75) is 6.42 Å². The zero-order chi connectivity index (χ0) is 10.4. The normalized spacial score (nSPS) is 8.79. The molecule has 14 heavy (non-hydrogen) atoms. The van der Waals surface area contributed by atoms with Gasteiger partial charge in [0.15, 0.2) is 0 Å². The predicted octanol–water partition coefficient (Wildman–Crippen LogP) is 0.698. The lowest BCUT2D eigenvalue weighted by Crippen LogP contribution is -2.20. The van der Waals surface area contributed by atoms with Gasteiger partial charge in [-0.3, -0.25) is 0 Å². The fraction of sp³-hybridized carbons (Fsp3) is 0.333. The van der Waals surface area contributed by atoms with Crippen molar-refractivity contribution in [2.75, 3.05) is 18.5 Å². The van der Waals surface area contributed by atoms with Gasteiger partial charge in [0, 0.05) is 19.8 Å². The van der Waals surface area contributed by atoms with Crippen LogP contribution in [0.1, 0.15) is 12.1 Å². The van der Waals surface area contributed by atoms with Gasteiger partial charge in [0.1, 0.15) is 11.8 Å². The minimum atomic E-state index is 0.332. The first-order chi connectivity index (χ1) is 6.77. The van der Waals surface area contributed by atoms with Crippen molar-refractivity contribution in [2.24, 2.45) is 0 Å². The van der Waals surface area contributed by atoms with Crippen LogP contribution in [0.3, 0.4) is 0 Å². The Bertz CT molecular complexity index is 387. The van der Waals surface area contributed by atoms with Crippen molar-refractivity contribution in [3.63, 3.8) is 0 Å². The fourth-order valence-electron chi connectivity index (χ4n) is 0.912. The van der Waals surface area contributed by atoms with E-state index in [1.54, 1.807) is 18.0 Å². The Morgan fingerprint density at radius 3 is 2.93 bits per heavy atom. The summed E-state index contributed by atoms with van der Waals surface area (Å²) in [5, 5.41) is 17.0. The monoisotopic (exact) mass is 187 g/mol. The smallest absolute Gasteiger partial charge is 0.226 e. The maximum atomic E-state index is 8.61. The summed E-state index contributed by atoms with van der Waals surface area (Å²) in [6, 6.07) is 5.51. The zero-order valence-electron chi connectivity index (χ0n) is 7.80. The Labute approximate surface area is 82.2 Å². The molecule has 0 aliphatic carbocycles. The highest BCUT2D eigenvalue weighted by molar-refractivity contribution is 5.32. The van der Waals surface area contributed by atoms with E-state index in [2.05, 4.69) is 9.97 Å². The second-order valence-electron chi connectivity index (χ2n) is 2.68. The third-order valence-electron chi connectivity index (χ3n) is 1.66. The average Bonchev–Trinajstić information content (AvgIpc) is 2.26. The van der Waals surface area contributed by atoms with Crippen LogP contribution >= 0.6 is 0 Å². The molecule has 0 radical (unpaired) electrons. The van der Waals surface area contributed by atoms with Crippen LogP contribution in [0.4, 0.5) is 5.95 Å². The molecular formula is C9H9N5. The number of nitriles is 2. The lowest BCUT2D eigenvalue weighted by Gasteiger charge is -2.14. The molecular weight excluding hydrogens is 178 g/mol. The summed E-state index contributed by atoms with van der Waals surface area (Å²) in [7, 11) is 1.79. The lowest BCUT2D eigenvalue weighted by atomic mass is 10.4. The van der Waals surface area contributed by atoms with Crippen LogP contribution in [0.15, 0.2) is 12.3 Å². The van der Waals surface area contributed by atoms with Crippen molar-refractivity contribution in [3.8, 4) is 12.1 Å². The van der Waals surface area contributed by atoms with Gasteiger partial charge in [0.25, 0.3) is 0 Å². The Balaban J connectivity index is 2.76. The highest BCUT2D eigenvalue weighted by Crippen LogP contribution is 2.04. The van der Waals surface area contributed by atoms with Crippen LogP contribution in [-0.4, -0.2) is 23.6 Å². The molecule has 0 spiro atoms. The maximum absolute atomic E-state index is 8.61. The van der Waals surface area contributed by atoms with Crippen molar-refractivity contribution in [1.82, 2.24) is 9.97 Å². The SMILES string of the molecule is CN(CCC#N)c1nccc(C#N)n1. The van der Waals surface area contributed by atoms with E-state index < -0.39 is 0 Å². The Kier molecular flexibility index (Phi) is 3.40. The topological polar surface area (TPSA) is 76.6 Å². The molecule has 0 N–H and O–H groups in total. The Morgan fingerprint density at radius 1 is 1.50 bits per heavy atom. The summed E-state index contributed by atoms with van der Waals surface area (Å²) in [6.07, 6.45) is 1.94. The highest BCUT2D eigenvalue weighted by Gasteiger charge is 2.03. The molecule has 0 fully saturated rings. The van der Waals surface area contributed by atoms with Gasteiger partial charge in [-0.1, -0.05) is 0 Å². The van der Waals surface area contributed by atoms with Gasteiger partial charge in [0.2, 0.25) is 5.95 Å². The van der Waals surface area contributed by atoms with Crippen molar-refractivity contribution in [1.29, 1.82) is 10.5 Å². The molecule has 0 saturated carbocycles. The van der Waals surface area contributed by atoms with E-state index in [0.717, 1.165) is 0 Å². The van der Waals surface area contributed by atoms with Gasteiger partial charge in [-0.25, -0.2) is 9.97 Å². The number of anilines is 1. The number of hydrogen-bond acceptors (Lipinski definition) is 5. The van der Waals surface area contributed by atoms with E-state index in [9.17, 15) is 0 Å². The van der Waals surface area contributed by atoms with Crippen molar-refractivity contribution < 1.29 is 0 Å². The summed E-state index contributed by atoms with van der Waals surface area (Å²) in [6.45, 7) is 0.561. The van der Waals surface area contributed by atoms with E-state index in [-0.39, 0.29) is 0 Å². The second-order valence-corrected chi connectivity index (χ2v) is 2.68. The van der Waals surface area contributed by atoms with E-state index in [1.165, 1.54) is 6.20 Å². The number of hydrogen-bond donors (Lipinski definition) is 0. The summed E-state index contributed by atoms with van der Waals surface area (Å²) in [4.78, 5) is 9.72. The second kappa shape index (κ2) is 4.78. The molecule has 5 heteroatoms. The van der Waals surface area contributed by atoms with Gasteiger partial charge >= 0.3 is 0 Å². The first-order valence-electron chi connectivity index (χ1n) is 4.09. The van der Waals surface area contributed by atoms with Crippen LogP contribution in [0.25, 0.3) is 0 Å². The first-order valence-corrected chi connectivity index (χ1v) is 4.09. The standard InChI is InChI=1S/C9H9N5/c1-14(6-2-4-10)9-12-5-3-8(7-11)13-9/h3,5H,2,6H2,1H3. The molecule has 0 saturated heterocycles. The van der Waals surface area contributed by atoms with Crippen LogP contribution < -0.4 is 4.90 Å². The lowest BCUT2D eigenvalue weighted by molar-refractivity contribution is 0.856. The zero-order valence-corrected chi connectivity index (χ0v) is 7.80. The largest absolute Gasteiger partial charge is 0.343 e. The molecule has 0 bridgehead atoms. The van der Waals surface area contributed by atoms with Crippen molar-refractivity contribution in [3.05, 3.63) is 18.0 Å². The highest BCUT2D eigenvalue weighted by atomic mass is 15.2. The van der Waals surface area contributed by atoms with E-state index in [0.29, 0.717) is 24.6 Å². The molecule has 0 aliphatic heterocycles. The molecule has 0 unspecified atom stereocenters. The summed E-state index contributed by atoms with van der Waals surface area (Å²) < 4.78 is 0. The molecule has 0 amide bonds. The van der Waals surface area contributed by atoms with Crippen LogP contribution in [0.5, 0.6) is 0 Å². The number of rotatable bonds is 3. The molecule has 1 rings (SSSR count). The molecule has 0 atom stereocenters. The van der Waals surface area contributed by atoms with Gasteiger partial charge in [0.05, 0.1) is 12.5 Å². The fourth-order valence-corrected chi connectivity index (χ4v) is 0.912. The van der Waals surface area contributed by atoms with E-state index in [4.69, 9.17) is 10.5 Å². The number of aromatic nitrogens is 2. The number of nitrogens with zero attached hydrogens (tertiary/aromatic N) is 5. The molecule has 0 aliphatic rings. The predicted molar refractivity (Wildman–Crippen MR) is 50.2 cm³/mol. The summed E-state index contributed by atoms with van der Waals surface area (Å²) in [5.41, 5.74) is 0.332. The van der Waals surface area contributed by atoms with Gasteiger partial charge in [-0.05, 0) is 6.07 Å². The van der Waals surface area contributed by atoms with Gasteiger partial charge < -0.3 is 4.90 Å².